The molecule has 0 saturated carbocycles. The fourth-order valence-corrected chi connectivity index (χ4v) is 1.61. The summed E-state index contributed by atoms with van der Waals surface area (Å²) in [4.78, 5) is 11.6. The Balaban J connectivity index is 3.00. The first-order valence-electron chi connectivity index (χ1n) is 4.80. The quantitative estimate of drug-likeness (QED) is 0.598. The summed E-state index contributed by atoms with van der Waals surface area (Å²) in [5.74, 6) is 0.0539. The number of carbonyl (C=O) groups is 1. The lowest BCUT2D eigenvalue weighted by Crippen LogP contribution is -2.05. The van der Waals surface area contributed by atoms with Crippen LogP contribution >= 0.6 is 15.9 Å². The van der Waals surface area contributed by atoms with Gasteiger partial charge in [0.15, 0.2) is 5.78 Å². The molecule has 0 aromatic heterocycles. The molecule has 0 aliphatic carbocycles. The number of carbonyl (C=O) groups excluding carboxylic acids is 1. The van der Waals surface area contributed by atoms with Crippen molar-refractivity contribution in [3.05, 3.63) is 23.8 Å². The van der Waals surface area contributed by atoms with Crippen molar-refractivity contribution in [2.75, 3.05) is 12.4 Å². The predicted molar refractivity (Wildman–Crippen MR) is 62.4 cm³/mol. The molecule has 0 unspecified atom stereocenters. The second kappa shape index (κ2) is 6.54. The van der Waals surface area contributed by atoms with Gasteiger partial charge in [0.25, 0.3) is 0 Å². The second-order valence-electron chi connectivity index (χ2n) is 3.14. The number of ketones is 1. The number of hydrogen-bond donors (Lipinski definition) is 0. The summed E-state index contributed by atoms with van der Waals surface area (Å²) in [6.07, 6.45) is 0.279. The average Bonchev–Trinajstić information content (AvgIpc) is 2.28. The van der Waals surface area contributed by atoms with E-state index < -0.39 is 6.61 Å². The third kappa shape index (κ3) is 4.30. The Hall–Kier alpha value is -1.17. The maximum Gasteiger partial charge on any atom is 0.387 e. The van der Waals surface area contributed by atoms with Crippen LogP contribution in [0.15, 0.2) is 18.2 Å². The zero-order valence-corrected chi connectivity index (χ0v) is 10.7. The van der Waals surface area contributed by atoms with Crippen LogP contribution in [0.1, 0.15) is 16.8 Å². The maximum atomic E-state index is 12.1. The van der Waals surface area contributed by atoms with Gasteiger partial charge in [-0.2, -0.15) is 8.78 Å². The molecule has 3 nitrogen and oxygen atoms in total. The van der Waals surface area contributed by atoms with Crippen molar-refractivity contribution in [2.24, 2.45) is 0 Å². The molecule has 0 amide bonds. The highest BCUT2D eigenvalue weighted by Crippen LogP contribution is 2.25. The molecule has 0 radical (unpaired) electrons. The van der Waals surface area contributed by atoms with Crippen molar-refractivity contribution in [3.8, 4) is 11.5 Å². The minimum Gasteiger partial charge on any atom is -0.497 e. The number of hydrogen-bond acceptors (Lipinski definition) is 3. The van der Waals surface area contributed by atoms with Gasteiger partial charge in [0, 0.05) is 23.4 Å². The molecule has 1 aromatic rings. The second-order valence-corrected chi connectivity index (χ2v) is 3.93. The predicted octanol–water partition coefficient (Wildman–Crippen LogP) is 3.26. The molecule has 0 heterocycles. The third-order valence-corrected chi connectivity index (χ3v) is 2.38. The van der Waals surface area contributed by atoms with Crippen molar-refractivity contribution in [1.82, 2.24) is 0 Å². The summed E-state index contributed by atoms with van der Waals surface area (Å²) in [7, 11) is 1.39. The minimum atomic E-state index is -2.93. The van der Waals surface area contributed by atoms with Crippen molar-refractivity contribution in [3.63, 3.8) is 0 Å². The van der Waals surface area contributed by atoms with Crippen molar-refractivity contribution >= 4 is 21.7 Å². The summed E-state index contributed by atoms with van der Waals surface area (Å²) >= 11 is 3.14. The largest absolute Gasteiger partial charge is 0.497 e. The van der Waals surface area contributed by atoms with Crippen LogP contribution in [0.3, 0.4) is 0 Å². The van der Waals surface area contributed by atoms with E-state index in [0.29, 0.717) is 16.6 Å². The van der Waals surface area contributed by atoms with E-state index in [-0.39, 0.29) is 18.0 Å². The Labute approximate surface area is 106 Å². The summed E-state index contributed by atoms with van der Waals surface area (Å²) in [5.41, 5.74) is 0.291. The van der Waals surface area contributed by atoms with Crippen LogP contribution in [0, 0.1) is 0 Å². The Morgan fingerprint density at radius 3 is 2.53 bits per heavy atom. The highest BCUT2D eigenvalue weighted by atomic mass is 79.9. The van der Waals surface area contributed by atoms with Gasteiger partial charge in [-0.3, -0.25) is 4.79 Å². The minimum absolute atomic E-state index is 0.0859. The molecule has 6 heteroatoms. The van der Waals surface area contributed by atoms with Crippen LogP contribution in [0.5, 0.6) is 11.5 Å². The van der Waals surface area contributed by atoms with Crippen LogP contribution in [-0.4, -0.2) is 24.8 Å². The molecular formula is C11H11BrF2O3. The molecule has 0 aliphatic heterocycles. The van der Waals surface area contributed by atoms with Gasteiger partial charge in [-0.05, 0) is 12.1 Å². The van der Waals surface area contributed by atoms with E-state index >= 15 is 0 Å². The van der Waals surface area contributed by atoms with Crippen LogP contribution in [0.2, 0.25) is 0 Å². The van der Waals surface area contributed by atoms with Crippen molar-refractivity contribution < 1.29 is 23.0 Å². The molecule has 0 saturated heterocycles. The maximum absolute atomic E-state index is 12.1. The fraction of sp³-hybridized carbons (Fsp3) is 0.364. The standard InChI is InChI=1S/C11H11BrF2O3/c1-16-8-4-7(10(15)2-3-12)5-9(6-8)17-11(13)14/h4-6,11H,2-3H2,1H3. The number of ether oxygens (including phenoxy) is 2. The SMILES string of the molecule is COc1cc(OC(F)F)cc(C(=O)CCBr)c1. The van der Waals surface area contributed by atoms with E-state index in [9.17, 15) is 13.6 Å². The Kier molecular flexibility index (Phi) is 5.34. The molecule has 0 N–H and O–H groups in total. The number of benzene rings is 1. The summed E-state index contributed by atoms with van der Waals surface area (Å²) in [6, 6.07) is 4.07. The van der Waals surface area contributed by atoms with Gasteiger partial charge in [-0.15, -0.1) is 0 Å². The highest BCUT2D eigenvalue weighted by Gasteiger charge is 2.12. The zero-order valence-electron chi connectivity index (χ0n) is 9.08. The van der Waals surface area contributed by atoms with Gasteiger partial charge >= 0.3 is 6.61 Å². The smallest absolute Gasteiger partial charge is 0.387 e. The molecule has 17 heavy (non-hydrogen) atoms. The number of alkyl halides is 3. The van der Waals surface area contributed by atoms with E-state index in [1.165, 1.54) is 25.3 Å². The number of halogens is 3. The van der Waals surface area contributed by atoms with E-state index in [4.69, 9.17) is 4.74 Å². The van der Waals surface area contributed by atoms with Crippen LogP contribution in [-0.2, 0) is 0 Å². The van der Waals surface area contributed by atoms with Gasteiger partial charge in [-0.1, -0.05) is 15.9 Å². The van der Waals surface area contributed by atoms with Gasteiger partial charge in [0.05, 0.1) is 7.11 Å². The van der Waals surface area contributed by atoms with Gasteiger partial charge < -0.3 is 9.47 Å². The molecule has 1 aromatic carbocycles. The molecule has 0 fully saturated rings. The molecule has 94 valence electrons. The number of rotatable bonds is 6. The molecule has 0 bridgehead atoms. The summed E-state index contributed by atoms with van der Waals surface area (Å²) < 4.78 is 33.3. The van der Waals surface area contributed by atoms with Crippen molar-refractivity contribution in [2.45, 2.75) is 13.0 Å². The molecule has 0 spiro atoms. The fourth-order valence-electron chi connectivity index (χ4n) is 1.25. The average molecular weight is 309 g/mol. The lowest BCUT2D eigenvalue weighted by molar-refractivity contribution is -0.0499. The van der Waals surface area contributed by atoms with Crippen LogP contribution in [0.25, 0.3) is 0 Å². The Morgan fingerprint density at radius 1 is 1.35 bits per heavy atom. The third-order valence-electron chi connectivity index (χ3n) is 1.98. The lowest BCUT2D eigenvalue weighted by atomic mass is 10.1. The Morgan fingerprint density at radius 2 is 2.00 bits per heavy atom. The summed E-state index contributed by atoms with van der Waals surface area (Å²) in [6.45, 7) is -2.93. The molecule has 0 aliphatic rings. The van der Waals surface area contributed by atoms with Crippen LogP contribution < -0.4 is 9.47 Å². The number of Topliss-reactive ketones (excluding diaryl/α,β-unsaturated/α-hetero) is 1. The van der Waals surface area contributed by atoms with Gasteiger partial charge in [0.1, 0.15) is 11.5 Å². The van der Waals surface area contributed by atoms with Crippen molar-refractivity contribution in [1.29, 1.82) is 0 Å². The topological polar surface area (TPSA) is 35.5 Å². The number of methoxy groups -OCH3 is 1. The first-order chi connectivity index (χ1) is 8.06. The summed E-state index contributed by atoms with van der Waals surface area (Å²) in [5, 5.41) is 0.508. The molecular weight excluding hydrogens is 298 g/mol. The van der Waals surface area contributed by atoms with E-state index in [1.807, 2.05) is 0 Å². The molecule has 1 rings (SSSR count). The normalized spacial score (nSPS) is 10.4. The first-order valence-corrected chi connectivity index (χ1v) is 5.92. The van der Waals surface area contributed by atoms with Gasteiger partial charge in [0.2, 0.25) is 0 Å². The van der Waals surface area contributed by atoms with Gasteiger partial charge in [-0.25, -0.2) is 0 Å². The first kappa shape index (κ1) is 13.9. The molecule has 0 atom stereocenters. The highest BCUT2D eigenvalue weighted by molar-refractivity contribution is 9.09. The van der Waals surface area contributed by atoms with E-state index in [2.05, 4.69) is 20.7 Å². The zero-order chi connectivity index (χ0) is 12.8. The van der Waals surface area contributed by atoms with E-state index in [1.54, 1.807) is 0 Å². The lowest BCUT2D eigenvalue weighted by Gasteiger charge is -2.09. The monoisotopic (exact) mass is 308 g/mol. The van der Waals surface area contributed by atoms with E-state index in [0.717, 1.165) is 0 Å². The van der Waals surface area contributed by atoms with Crippen LogP contribution in [0.4, 0.5) is 8.78 Å². The Bertz CT molecular complexity index is 396.